The van der Waals surface area contributed by atoms with E-state index >= 15 is 0 Å². The molecule has 0 saturated heterocycles. The number of benzene rings is 2. The van der Waals surface area contributed by atoms with Crippen LogP contribution in [0, 0.1) is 0 Å². The summed E-state index contributed by atoms with van der Waals surface area (Å²) in [7, 11) is 4.42. The number of nitrogens with zero attached hydrogens (tertiary/aromatic N) is 1. The molecule has 146 valence electrons. The Morgan fingerprint density at radius 2 is 1.74 bits per heavy atom. The molecule has 1 amide bonds. The Bertz CT molecular complexity index is 809. The molecule has 2 rings (SSSR count). The van der Waals surface area contributed by atoms with Crippen LogP contribution in [-0.4, -0.2) is 38.4 Å². The van der Waals surface area contributed by atoms with Crippen molar-refractivity contribution in [2.24, 2.45) is 0 Å². The fraction of sp³-hybridized carbons (Fsp3) is 0.278. The molecule has 0 unspecified atom stereocenters. The molecule has 5 nitrogen and oxygen atoms in total. The summed E-state index contributed by atoms with van der Waals surface area (Å²) < 4.78 is 50.7. The lowest BCUT2D eigenvalue weighted by Crippen LogP contribution is -2.26. The van der Waals surface area contributed by atoms with E-state index in [0.29, 0.717) is 17.1 Å². The Hall–Kier alpha value is -2.61. The number of ether oxygens (including phenoxy) is 3. The van der Waals surface area contributed by atoms with Gasteiger partial charge in [-0.2, -0.15) is 0 Å². The quantitative estimate of drug-likeness (QED) is 0.711. The van der Waals surface area contributed by atoms with Crippen molar-refractivity contribution in [1.29, 1.82) is 0 Å². The normalized spacial score (nSPS) is 11.1. The number of hydrogen-bond donors (Lipinski definition) is 0. The van der Waals surface area contributed by atoms with Gasteiger partial charge < -0.3 is 19.1 Å². The fourth-order valence-electron chi connectivity index (χ4n) is 2.40. The Balaban J connectivity index is 2.13. The van der Waals surface area contributed by atoms with Crippen LogP contribution in [0.1, 0.15) is 15.9 Å². The van der Waals surface area contributed by atoms with Gasteiger partial charge in [0.25, 0.3) is 5.91 Å². The number of carbonyl (C=O) groups excluding carboxylic acids is 1. The zero-order valence-corrected chi connectivity index (χ0v) is 15.5. The molecule has 0 aliphatic heterocycles. The summed E-state index contributed by atoms with van der Waals surface area (Å²) in [6, 6.07) is 8.24. The molecular formula is C18H17ClF3NO4. The third kappa shape index (κ3) is 5.43. The first-order valence-corrected chi connectivity index (χ1v) is 8.04. The number of alkyl halides is 3. The molecule has 0 bridgehead atoms. The molecule has 2 aromatic rings. The average Bonchev–Trinajstić information content (AvgIpc) is 2.60. The van der Waals surface area contributed by atoms with Crippen LogP contribution in [0.15, 0.2) is 36.4 Å². The van der Waals surface area contributed by atoms with Crippen molar-refractivity contribution in [2.45, 2.75) is 12.9 Å². The number of carbonyl (C=O) groups is 1. The maximum atomic E-state index is 12.6. The maximum absolute atomic E-state index is 12.6. The first-order chi connectivity index (χ1) is 12.6. The van der Waals surface area contributed by atoms with Gasteiger partial charge in [0.2, 0.25) is 0 Å². The highest BCUT2D eigenvalue weighted by Gasteiger charge is 2.31. The smallest absolute Gasteiger partial charge is 0.493 e. The highest BCUT2D eigenvalue weighted by molar-refractivity contribution is 6.32. The Morgan fingerprint density at radius 1 is 1.11 bits per heavy atom. The van der Waals surface area contributed by atoms with Crippen molar-refractivity contribution in [1.82, 2.24) is 4.90 Å². The van der Waals surface area contributed by atoms with Crippen LogP contribution in [0.2, 0.25) is 5.02 Å². The van der Waals surface area contributed by atoms with E-state index in [1.807, 2.05) is 0 Å². The van der Waals surface area contributed by atoms with Gasteiger partial charge in [-0.15, -0.1) is 13.2 Å². The van der Waals surface area contributed by atoms with Gasteiger partial charge in [0.05, 0.1) is 19.2 Å². The van der Waals surface area contributed by atoms with E-state index in [1.165, 1.54) is 55.5 Å². The summed E-state index contributed by atoms with van der Waals surface area (Å²) in [5.41, 5.74) is 0.920. The first kappa shape index (κ1) is 20.7. The SMILES string of the molecule is COc1cc(C(=O)N(C)Cc2ccc(OC(F)(F)F)cc2)cc(Cl)c1OC. The van der Waals surface area contributed by atoms with Crippen molar-refractivity contribution < 1.29 is 32.2 Å². The monoisotopic (exact) mass is 403 g/mol. The molecule has 0 heterocycles. The van der Waals surface area contributed by atoms with E-state index in [-0.39, 0.29) is 28.8 Å². The van der Waals surface area contributed by atoms with Crippen molar-refractivity contribution in [2.75, 3.05) is 21.3 Å². The van der Waals surface area contributed by atoms with Gasteiger partial charge in [0.1, 0.15) is 5.75 Å². The lowest BCUT2D eigenvalue weighted by molar-refractivity contribution is -0.274. The molecule has 27 heavy (non-hydrogen) atoms. The molecule has 9 heteroatoms. The lowest BCUT2D eigenvalue weighted by Gasteiger charge is -2.19. The molecule has 0 radical (unpaired) electrons. The molecule has 0 aliphatic carbocycles. The van der Waals surface area contributed by atoms with Crippen LogP contribution in [-0.2, 0) is 6.54 Å². The predicted octanol–water partition coefficient (Wildman–Crippen LogP) is 4.53. The van der Waals surface area contributed by atoms with Crippen LogP contribution in [0.3, 0.4) is 0 Å². The zero-order valence-electron chi connectivity index (χ0n) is 14.8. The molecule has 2 aromatic carbocycles. The third-order valence-electron chi connectivity index (χ3n) is 3.60. The molecule has 0 aromatic heterocycles. The second-order valence-corrected chi connectivity index (χ2v) is 5.95. The minimum absolute atomic E-state index is 0.178. The minimum Gasteiger partial charge on any atom is -0.493 e. The molecule has 0 aliphatic rings. The van der Waals surface area contributed by atoms with Gasteiger partial charge in [-0.1, -0.05) is 23.7 Å². The standard InChI is InChI=1S/C18H17ClF3NO4/c1-23(10-11-4-6-13(7-5-11)27-18(20,21)22)17(24)12-8-14(19)16(26-3)15(9-12)25-2/h4-9H,10H2,1-3H3. The molecule has 0 saturated carbocycles. The van der Waals surface area contributed by atoms with Crippen LogP contribution in [0.5, 0.6) is 17.2 Å². The van der Waals surface area contributed by atoms with E-state index in [2.05, 4.69) is 4.74 Å². The largest absolute Gasteiger partial charge is 0.573 e. The summed E-state index contributed by atoms with van der Waals surface area (Å²) in [6.07, 6.45) is -4.75. The molecule has 0 fully saturated rings. The van der Waals surface area contributed by atoms with Crippen LogP contribution in [0.4, 0.5) is 13.2 Å². The van der Waals surface area contributed by atoms with Gasteiger partial charge in [0.15, 0.2) is 11.5 Å². The highest BCUT2D eigenvalue weighted by atomic mass is 35.5. The van der Waals surface area contributed by atoms with Gasteiger partial charge in [0, 0.05) is 19.2 Å². The van der Waals surface area contributed by atoms with E-state index in [9.17, 15) is 18.0 Å². The average molecular weight is 404 g/mol. The number of methoxy groups -OCH3 is 2. The lowest BCUT2D eigenvalue weighted by atomic mass is 10.1. The van der Waals surface area contributed by atoms with Gasteiger partial charge in [-0.3, -0.25) is 4.79 Å². The maximum Gasteiger partial charge on any atom is 0.573 e. The van der Waals surface area contributed by atoms with E-state index < -0.39 is 6.36 Å². The topological polar surface area (TPSA) is 48.0 Å². The third-order valence-corrected chi connectivity index (χ3v) is 3.88. The number of amides is 1. The van der Waals surface area contributed by atoms with E-state index in [4.69, 9.17) is 21.1 Å². The van der Waals surface area contributed by atoms with Crippen LogP contribution in [0.25, 0.3) is 0 Å². The summed E-state index contributed by atoms with van der Waals surface area (Å²) >= 11 is 6.11. The second-order valence-electron chi connectivity index (χ2n) is 5.55. The Morgan fingerprint density at radius 3 is 2.26 bits per heavy atom. The molecule has 0 N–H and O–H groups in total. The summed E-state index contributed by atoms with van der Waals surface area (Å²) in [5.74, 6) is -0.0330. The summed E-state index contributed by atoms with van der Waals surface area (Å²) in [6.45, 7) is 0.178. The van der Waals surface area contributed by atoms with Crippen LogP contribution < -0.4 is 14.2 Å². The predicted molar refractivity (Wildman–Crippen MR) is 93.5 cm³/mol. The highest BCUT2D eigenvalue weighted by Crippen LogP contribution is 2.36. The summed E-state index contributed by atoms with van der Waals surface area (Å²) in [5, 5.41) is 0.224. The fourth-order valence-corrected chi connectivity index (χ4v) is 2.69. The van der Waals surface area contributed by atoms with Crippen molar-refractivity contribution in [3.8, 4) is 17.2 Å². The van der Waals surface area contributed by atoms with Crippen molar-refractivity contribution in [3.05, 3.63) is 52.5 Å². The van der Waals surface area contributed by atoms with E-state index in [1.54, 1.807) is 7.05 Å². The van der Waals surface area contributed by atoms with Gasteiger partial charge in [-0.25, -0.2) is 0 Å². The molecular weight excluding hydrogens is 387 g/mol. The van der Waals surface area contributed by atoms with Gasteiger partial charge >= 0.3 is 6.36 Å². The number of rotatable bonds is 6. The Labute approximate surface area is 159 Å². The summed E-state index contributed by atoms with van der Waals surface area (Å²) in [4.78, 5) is 14.0. The molecule has 0 spiro atoms. The zero-order chi connectivity index (χ0) is 20.2. The first-order valence-electron chi connectivity index (χ1n) is 7.66. The minimum atomic E-state index is -4.75. The van der Waals surface area contributed by atoms with Crippen LogP contribution >= 0.6 is 11.6 Å². The number of hydrogen-bond acceptors (Lipinski definition) is 4. The van der Waals surface area contributed by atoms with Gasteiger partial charge in [-0.05, 0) is 29.8 Å². The Kier molecular flexibility index (Phi) is 6.43. The van der Waals surface area contributed by atoms with Crippen molar-refractivity contribution in [3.63, 3.8) is 0 Å². The van der Waals surface area contributed by atoms with E-state index in [0.717, 1.165) is 0 Å². The second kappa shape index (κ2) is 8.39. The van der Waals surface area contributed by atoms with Crippen molar-refractivity contribution >= 4 is 17.5 Å². The molecule has 0 atom stereocenters. The number of halogens is 4.